The third-order valence-corrected chi connectivity index (χ3v) is 6.61. The molecule has 0 aliphatic carbocycles. The summed E-state index contributed by atoms with van der Waals surface area (Å²) in [5.74, 6) is 1.06. The Balaban J connectivity index is 2.15. The molecule has 0 aliphatic heterocycles. The zero-order valence-electron chi connectivity index (χ0n) is 17.4. The Hall–Kier alpha value is -2.32. The van der Waals surface area contributed by atoms with Crippen molar-refractivity contribution in [2.45, 2.75) is 37.5 Å². The Morgan fingerprint density at radius 3 is 2.55 bits per heavy atom. The summed E-state index contributed by atoms with van der Waals surface area (Å²) >= 11 is 2.99. The smallest absolute Gasteiger partial charge is 0.322 e. The van der Waals surface area contributed by atoms with Crippen LogP contribution in [0.2, 0.25) is 0 Å². The number of ether oxygens (including phenoxy) is 3. The van der Waals surface area contributed by atoms with Crippen molar-refractivity contribution in [2.75, 3.05) is 20.8 Å². The Kier molecular flexibility index (Phi) is 6.33. The van der Waals surface area contributed by atoms with Crippen LogP contribution in [0.15, 0.2) is 29.6 Å². The van der Waals surface area contributed by atoms with Crippen LogP contribution in [-0.2, 0) is 9.53 Å². The molecule has 8 heteroatoms. The maximum Gasteiger partial charge on any atom is 0.322 e. The molecule has 0 saturated heterocycles. The van der Waals surface area contributed by atoms with Crippen molar-refractivity contribution in [3.63, 3.8) is 0 Å². The fraction of sp³-hybridized carbons (Fsp3) is 0.381. The maximum absolute atomic E-state index is 12.4. The van der Waals surface area contributed by atoms with Gasteiger partial charge in [-0.3, -0.25) is 4.79 Å². The molecule has 2 heterocycles. The van der Waals surface area contributed by atoms with Gasteiger partial charge in [-0.15, -0.1) is 11.3 Å². The SMILES string of the molecule is CCOC(=O)C(C)(C)Sc1ncnc2sc(C)c(-c3ccc(OC)c(OC)c3)c12. The minimum atomic E-state index is -0.776. The molecule has 0 unspecified atom stereocenters. The van der Waals surface area contributed by atoms with Gasteiger partial charge in [0.2, 0.25) is 0 Å². The molecule has 0 radical (unpaired) electrons. The van der Waals surface area contributed by atoms with Gasteiger partial charge < -0.3 is 14.2 Å². The van der Waals surface area contributed by atoms with Crippen molar-refractivity contribution in [3.05, 3.63) is 29.4 Å². The van der Waals surface area contributed by atoms with Crippen LogP contribution >= 0.6 is 23.1 Å². The summed E-state index contributed by atoms with van der Waals surface area (Å²) in [7, 11) is 3.23. The van der Waals surface area contributed by atoms with E-state index in [1.54, 1.807) is 38.8 Å². The Morgan fingerprint density at radius 2 is 1.90 bits per heavy atom. The predicted molar refractivity (Wildman–Crippen MR) is 117 cm³/mol. The number of hydrogen-bond acceptors (Lipinski definition) is 8. The summed E-state index contributed by atoms with van der Waals surface area (Å²) in [4.78, 5) is 23.4. The largest absolute Gasteiger partial charge is 0.493 e. The number of esters is 1. The van der Waals surface area contributed by atoms with Gasteiger partial charge in [0, 0.05) is 10.4 Å². The monoisotopic (exact) mass is 432 g/mol. The number of methoxy groups -OCH3 is 2. The standard InChI is InChI=1S/C21H24N2O4S2/c1-7-27-20(24)21(3,4)29-19-17-16(12(2)28-18(17)22-11-23-19)13-8-9-14(25-5)15(10-13)26-6/h8-11H,7H2,1-6H3. The van der Waals surface area contributed by atoms with E-state index in [0.717, 1.165) is 31.2 Å². The van der Waals surface area contributed by atoms with Crippen molar-refractivity contribution in [1.29, 1.82) is 0 Å². The van der Waals surface area contributed by atoms with Crippen LogP contribution in [-0.4, -0.2) is 41.5 Å². The van der Waals surface area contributed by atoms with E-state index in [1.165, 1.54) is 11.8 Å². The molecule has 0 fully saturated rings. The van der Waals surface area contributed by atoms with Crippen molar-refractivity contribution in [2.24, 2.45) is 0 Å². The number of thiophene rings is 1. The molecule has 3 aromatic rings. The van der Waals surface area contributed by atoms with Gasteiger partial charge in [-0.25, -0.2) is 9.97 Å². The quantitative estimate of drug-likeness (QED) is 0.292. The zero-order chi connectivity index (χ0) is 21.2. The molecule has 0 spiro atoms. The fourth-order valence-corrected chi connectivity index (χ4v) is 5.13. The average Bonchev–Trinajstić information content (AvgIpc) is 3.04. The average molecular weight is 433 g/mol. The first kappa shape index (κ1) is 21.4. The van der Waals surface area contributed by atoms with Crippen molar-refractivity contribution in [3.8, 4) is 22.6 Å². The molecule has 0 bridgehead atoms. The Bertz CT molecular complexity index is 1050. The number of aryl methyl sites for hydroxylation is 1. The number of nitrogens with zero attached hydrogens (tertiary/aromatic N) is 2. The topological polar surface area (TPSA) is 70.5 Å². The fourth-order valence-electron chi connectivity index (χ4n) is 3.02. The minimum absolute atomic E-state index is 0.267. The van der Waals surface area contributed by atoms with Crippen LogP contribution in [0.25, 0.3) is 21.3 Å². The summed E-state index contributed by atoms with van der Waals surface area (Å²) in [6, 6.07) is 5.83. The highest BCUT2D eigenvalue weighted by atomic mass is 32.2. The highest BCUT2D eigenvalue weighted by Crippen LogP contribution is 2.45. The van der Waals surface area contributed by atoms with Crippen LogP contribution in [0.5, 0.6) is 11.5 Å². The molecule has 3 rings (SSSR count). The van der Waals surface area contributed by atoms with Gasteiger partial charge in [0.25, 0.3) is 0 Å². The minimum Gasteiger partial charge on any atom is -0.493 e. The number of thioether (sulfide) groups is 1. The van der Waals surface area contributed by atoms with Crippen molar-refractivity contribution < 1.29 is 19.0 Å². The summed E-state index contributed by atoms with van der Waals surface area (Å²) in [6.07, 6.45) is 1.54. The molecule has 2 aromatic heterocycles. The highest BCUT2D eigenvalue weighted by Gasteiger charge is 2.33. The first-order chi connectivity index (χ1) is 13.8. The zero-order valence-corrected chi connectivity index (χ0v) is 19.0. The van der Waals surface area contributed by atoms with Crippen LogP contribution in [0.4, 0.5) is 0 Å². The maximum atomic E-state index is 12.4. The predicted octanol–water partition coefficient (Wildman–Crippen LogP) is 5.12. The molecule has 6 nitrogen and oxygen atoms in total. The second kappa shape index (κ2) is 8.59. The molecule has 0 atom stereocenters. The lowest BCUT2D eigenvalue weighted by molar-refractivity contribution is -0.145. The molecular weight excluding hydrogens is 408 g/mol. The molecular formula is C21H24N2O4S2. The Labute approximate surface area is 178 Å². The van der Waals surface area contributed by atoms with Gasteiger partial charge in [-0.2, -0.15) is 0 Å². The van der Waals surface area contributed by atoms with E-state index in [9.17, 15) is 4.79 Å². The van der Waals surface area contributed by atoms with E-state index >= 15 is 0 Å². The van der Waals surface area contributed by atoms with E-state index < -0.39 is 4.75 Å². The lowest BCUT2D eigenvalue weighted by atomic mass is 10.0. The van der Waals surface area contributed by atoms with Crippen LogP contribution < -0.4 is 9.47 Å². The number of rotatable bonds is 7. The lowest BCUT2D eigenvalue weighted by Crippen LogP contribution is -2.30. The normalized spacial score (nSPS) is 11.5. The molecule has 0 N–H and O–H groups in total. The van der Waals surface area contributed by atoms with Gasteiger partial charge >= 0.3 is 5.97 Å². The van der Waals surface area contributed by atoms with Crippen LogP contribution in [0.3, 0.4) is 0 Å². The summed E-state index contributed by atoms with van der Waals surface area (Å²) in [5, 5.41) is 1.69. The molecule has 0 aliphatic rings. The van der Waals surface area contributed by atoms with Crippen molar-refractivity contribution in [1.82, 2.24) is 9.97 Å². The van der Waals surface area contributed by atoms with E-state index in [-0.39, 0.29) is 5.97 Å². The number of hydrogen-bond donors (Lipinski definition) is 0. The lowest BCUT2D eigenvalue weighted by Gasteiger charge is -2.21. The number of carbonyl (C=O) groups is 1. The second-order valence-electron chi connectivity index (χ2n) is 6.79. The molecule has 0 saturated carbocycles. The number of carbonyl (C=O) groups excluding carboxylic acids is 1. The van der Waals surface area contributed by atoms with Crippen LogP contribution in [0, 0.1) is 6.92 Å². The highest BCUT2D eigenvalue weighted by molar-refractivity contribution is 8.01. The van der Waals surface area contributed by atoms with Gasteiger partial charge in [-0.05, 0) is 45.4 Å². The van der Waals surface area contributed by atoms with E-state index in [0.29, 0.717) is 18.1 Å². The van der Waals surface area contributed by atoms with Gasteiger partial charge in [0.05, 0.1) is 26.2 Å². The number of aromatic nitrogens is 2. The summed E-state index contributed by atoms with van der Waals surface area (Å²) in [6.45, 7) is 7.90. The van der Waals surface area contributed by atoms with E-state index in [1.807, 2.05) is 32.0 Å². The Morgan fingerprint density at radius 1 is 1.17 bits per heavy atom. The summed E-state index contributed by atoms with van der Waals surface area (Å²) in [5.41, 5.74) is 2.02. The first-order valence-corrected chi connectivity index (χ1v) is 10.8. The van der Waals surface area contributed by atoms with Gasteiger partial charge in [-0.1, -0.05) is 17.8 Å². The second-order valence-corrected chi connectivity index (χ2v) is 9.61. The van der Waals surface area contributed by atoms with Gasteiger partial charge in [0.15, 0.2) is 11.5 Å². The van der Waals surface area contributed by atoms with Crippen molar-refractivity contribution >= 4 is 39.3 Å². The van der Waals surface area contributed by atoms with E-state index in [2.05, 4.69) is 16.9 Å². The summed E-state index contributed by atoms with van der Waals surface area (Å²) < 4.78 is 15.3. The molecule has 29 heavy (non-hydrogen) atoms. The molecule has 0 amide bonds. The van der Waals surface area contributed by atoms with Crippen LogP contribution in [0.1, 0.15) is 25.6 Å². The van der Waals surface area contributed by atoms with Gasteiger partial charge in [0.1, 0.15) is 20.9 Å². The van der Waals surface area contributed by atoms with E-state index in [4.69, 9.17) is 14.2 Å². The number of benzene rings is 1. The first-order valence-electron chi connectivity index (χ1n) is 9.15. The molecule has 1 aromatic carbocycles. The number of fused-ring (bicyclic) bond motifs is 1. The third-order valence-electron chi connectivity index (χ3n) is 4.42. The molecule has 154 valence electrons. The third kappa shape index (κ3) is 4.18.